The van der Waals surface area contributed by atoms with Crippen molar-refractivity contribution in [2.24, 2.45) is 0 Å². The Labute approximate surface area is 150 Å². The molecule has 2 atom stereocenters. The van der Waals surface area contributed by atoms with E-state index in [0.29, 0.717) is 0 Å². The minimum Gasteiger partial charge on any atom is -0.391 e. The topological polar surface area (TPSA) is 97.0 Å². The maximum Gasteiger partial charge on any atom is 0.471 e. The predicted molar refractivity (Wildman–Crippen MR) is 84.8 cm³/mol. The van der Waals surface area contributed by atoms with E-state index in [1.54, 1.807) is 6.07 Å². The van der Waals surface area contributed by atoms with Gasteiger partial charge in [-0.3, -0.25) is 0 Å². The summed E-state index contributed by atoms with van der Waals surface area (Å²) in [6.45, 7) is 1.47. The summed E-state index contributed by atoms with van der Waals surface area (Å²) in [5.74, 6) is -2.28. The van der Waals surface area contributed by atoms with E-state index in [1.165, 1.54) is 37.5 Å². The van der Waals surface area contributed by atoms with E-state index in [0.717, 1.165) is 0 Å². The third-order valence-electron chi connectivity index (χ3n) is 3.59. The van der Waals surface area contributed by atoms with E-state index in [9.17, 15) is 22.7 Å². The summed E-state index contributed by atoms with van der Waals surface area (Å²) in [5.41, 5.74) is 0.312. The van der Waals surface area contributed by atoms with Crippen LogP contribution in [0.2, 0.25) is 0 Å². The van der Waals surface area contributed by atoms with Crippen molar-refractivity contribution >= 4 is 5.95 Å². The maximum atomic E-state index is 14.0. The summed E-state index contributed by atoms with van der Waals surface area (Å²) in [6, 6.07) is 5.06. The zero-order valence-corrected chi connectivity index (χ0v) is 13.8. The van der Waals surface area contributed by atoms with Crippen LogP contribution < -0.4 is 5.32 Å². The lowest BCUT2D eigenvalue weighted by molar-refractivity contribution is -0.159. The number of aliphatic hydroxyl groups excluding tert-OH is 1. The van der Waals surface area contributed by atoms with E-state index in [2.05, 4.69) is 29.9 Å². The average molecular weight is 383 g/mol. The standard InChI is InChI=1S/C16H13F4N5O2/c1-8(26)12(10-4-2-3-5-11(10)17)23-15-21-6-9(7-22-15)13-24-14(27-25-13)16(18,19)20/h2-8,12,26H,1H3,(H,21,22,23). The third kappa shape index (κ3) is 4.19. The zero-order valence-electron chi connectivity index (χ0n) is 13.8. The number of hydrogen-bond donors (Lipinski definition) is 2. The van der Waals surface area contributed by atoms with Crippen molar-refractivity contribution in [3.63, 3.8) is 0 Å². The first-order valence-corrected chi connectivity index (χ1v) is 7.68. The van der Waals surface area contributed by atoms with Crippen LogP contribution in [0.1, 0.15) is 24.4 Å². The molecule has 0 saturated carbocycles. The van der Waals surface area contributed by atoms with Gasteiger partial charge in [-0.2, -0.15) is 18.2 Å². The lowest BCUT2D eigenvalue weighted by Crippen LogP contribution is -2.24. The van der Waals surface area contributed by atoms with Crippen molar-refractivity contribution in [1.29, 1.82) is 0 Å². The van der Waals surface area contributed by atoms with Gasteiger partial charge < -0.3 is 14.9 Å². The fraction of sp³-hybridized carbons (Fsp3) is 0.250. The summed E-state index contributed by atoms with van der Waals surface area (Å²) < 4.78 is 55.6. The summed E-state index contributed by atoms with van der Waals surface area (Å²) in [7, 11) is 0. The number of hydrogen-bond acceptors (Lipinski definition) is 7. The molecule has 0 radical (unpaired) electrons. The van der Waals surface area contributed by atoms with Gasteiger partial charge in [-0.05, 0) is 13.0 Å². The van der Waals surface area contributed by atoms with Crippen molar-refractivity contribution in [3.05, 3.63) is 53.9 Å². The molecule has 3 rings (SSSR count). The monoisotopic (exact) mass is 383 g/mol. The lowest BCUT2D eigenvalue weighted by atomic mass is 10.0. The smallest absolute Gasteiger partial charge is 0.391 e. The Kier molecular flexibility index (Phi) is 5.04. The molecule has 2 heterocycles. The van der Waals surface area contributed by atoms with Crippen LogP contribution in [0.15, 0.2) is 41.2 Å². The normalized spacial score (nSPS) is 14.0. The Morgan fingerprint density at radius 3 is 2.37 bits per heavy atom. The molecule has 0 amide bonds. The molecule has 142 valence electrons. The van der Waals surface area contributed by atoms with Crippen molar-refractivity contribution in [2.75, 3.05) is 5.32 Å². The van der Waals surface area contributed by atoms with Crippen LogP contribution in [0.3, 0.4) is 0 Å². The van der Waals surface area contributed by atoms with Gasteiger partial charge in [0.2, 0.25) is 11.8 Å². The van der Waals surface area contributed by atoms with E-state index >= 15 is 0 Å². The van der Waals surface area contributed by atoms with Gasteiger partial charge in [-0.1, -0.05) is 23.4 Å². The molecule has 11 heteroatoms. The van der Waals surface area contributed by atoms with Crippen LogP contribution in [-0.2, 0) is 6.18 Å². The average Bonchev–Trinajstić information content (AvgIpc) is 3.11. The quantitative estimate of drug-likeness (QED) is 0.653. The van der Waals surface area contributed by atoms with Crippen LogP contribution in [0, 0.1) is 5.82 Å². The molecular formula is C16H13F4N5O2. The molecule has 0 aliphatic carbocycles. The highest BCUT2D eigenvalue weighted by Crippen LogP contribution is 2.29. The van der Waals surface area contributed by atoms with Crippen LogP contribution in [0.25, 0.3) is 11.4 Å². The summed E-state index contributed by atoms with van der Waals surface area (Å²) >= 11 is 0. The SMILES string of the molecule is CC(O)C(Nc1ncc(-c2noc(C(F)(F)F)n2)cn1)c1ccccc1F. The minimum absolute atomic E-state index is 0.0347. The fourth-order valence-corrected chi connectivity index (χ4v) is 2.30. The van der Waals surface area contributed by atoms with Gasteiger partial charge in [0.1, 0.15) is 5.82 Å². The summed E-state index contributed by atoms with van der Waals surface area (Å²) in [6.07, 6.45) is -3.36. The number of anilines is 1. The molecule has 2 aromatic heterocycles. The van der Waals surface area contributed by atoms with Gasteiger partial charge in [-0.15, -0.1) is 0 Å². The van der Waals surface area contributed by atoms with Crippen LogP contribution in [0.5, 0.6) is 0 Å². The predicted octanol–water partition coefficient (Wildman–Crippen LogP) is 3.22. The molecule has 3 aromatic rings. The number of aromatic nitrogens is 4. The first kappa shape index (κ1) is 18.7. The molecule has 27 heavy (non-hydrogen) atoms. The fourth-order valence-electron chi connectivity index (χ4n) is 2.30. The number of alkyl halides is 3. The number of benzene rings is 1. The van der Waals surface area contributed by atoms with E-state index in [1.807, 2.05) is 0 Å². The Bertz CT molecular complexity index is 912. The second-order valence-electron chi connectivity index (χ2n) is 5.60. The van der Waals surface area contributed by atoms with Crippen molar-refractivity contribution in [1.82, 2.24) is 20.1 Å². The van der Waals surface area contributed by atoms with Gasteiger partial charge in [0, 0.05) is 18.0 Å². The van der Waals surface area contributed by atoms with E-state index in [-0.39, 0.29) is 22.9 Å². The largest absolute Gasteiger partial charge is 0.471 e. The first-order valence-electron chi connectivity index (χ1n) is 7.68. The number of halogens is 4. The number of rotatable bonds is 5. The van der Waals surface area contributed by atoms with Crippen molar-refractivity contribution < 1.29 is 27.2 Å². The highest BCUT2D eigenvalue weighted by atomic mass is 19.4. The van der Waals surface area contributed by atoms with Gasteiger partial charge in [-0.25, -0.2) is 14.4 Å². The van der Waals surface area contributed by atoms with Gasteiger partial charge in [0.05, 0.1) is 17.7 Å². The molecule has 2 N–H and O–H groups in total. The second-order valence-corrected chi connectivity index (χ2v) is 5.60. The van der Waals surface area contributed by atoms with Crippen LogP contribution in [-0.4, -0.2) is 31.3 Å². The van der Waals surface area contributed by atoms with Gasteiger partial charge >= 0.3 is 12.1 Å². The Morgan fingerprint density at radius 1 is 1.15 bits per heavy atom. The van der Waals surface area contributed by atoms with Gasteiger partial charge in [0.25, 0.3) is 0 Å². The summed E-state index contributed by atoms with van der Waals surface area (Å²) in [4.78, 5) is 11.1. The van der Waals surface area contributed by atoms with Crippen molar-refractivity contribution in [2.45, 2.75) is 25.2 Å². The number of aliphatic hydroxyl groups is 1. The highest BCUT2D eigenvalue weighted by Gasteiger charge is 2.38. The van der Waals surface area contributed by atoms with Gasteiger partial charge in [0.15, 0.2) is 0 Å². The van der Waals surface area contributed by atoms with Crippen LogP contribution in [0.4, 0.5) is 23.5 Å². The molecular weight excluding hydrogens is 370 g/mol. The second kappa shape index (κ2) is 7.27. The maximum absolute atomic E-state index is 14.0. The Morgan fingerprint density at radius 2 is 1.81 bits per heavy atom. The minimum atomic E-state index is -4.75. The molecule has 7 nitrogen and oxygen atoms in total. The summed E-state index contributed by atoms with van der Waals surface area (Å²) in [5, 5.41) is 16.0. The molecule has 0 bridgehead atoms. The van der Waals surface area contributed by atoms with E-state index in [4.69, 9.17) is 0 Å². The van der Waals surface area contributed by atoms with Crippen molar-refractivity contribution in [3.8, 4) is 11.4 Å². The molecule has 0 saturated heterocycles. The zero-order chi connectivity index (χ0) is 19.6. The molecule has 1 aromatic carbocycles. The number of nitrogens with one attached hydrogen (secondary N) is 1. The number of nitrogens with zero attached hydrogens (tertiary/aromatic N) is 4. The third-order valence-corrected chi connectivity index (χ3v) is 3.59. The first-order chi connectivity index (χ1) is 12.8. The van der Waals surface area contributed by atoms with Crippen LogP contribution >= 0.6 is 0 Å². The Hall–Kier alpha value is -3.08. The highest BCUT2D eigenvalue weighted by molar-refractivity contribution is 5.52. The molecule has 0 aliphatic heterocycles. The van der Waals surface area contributed by atoms with E-state index < -0.39 is 30.0 Å². The molecule has 0 spiro atoms. The molecule has 0 aliphatic rings. The molecule has 2 unspecified atom stereocenters. The molecule has 0 fully saturated rings. The lowest BCUT2D eigenvalue weighted by Gasteiger charge is -2.22. The Balaban J connectivity index is 1.80.